The minimum absolute atomic E-state index is 0.0145. The molecule has 6 nitrogen and oxygen atoms in total. The van der Waals surface area contributed by atoms with Gasteiger partial charge < -0.3 is 10.6 Å². The summed E-state index contributed by atoms with van der Waals surface area (Å²) >= 11 is 0. The van der Waals surface area contributed by atoms with Crippen LogP contribution in [0.3, 0.4) is 0 Å². The number of aromatic nitrogens is 3. The molecule has 0 saturated carbocycles. The van der Waals surface area contributed by atoms with E-state index in [1.54, 1.807) is 12.4 Å². The van der Waals surface area contributed by atoms with Crippen LogP contribution in [-0.4, -0.2) is 33.5 Å². The molecule has 0 radical (unpaired) electrons. The number of carbonyl (C=O) groups is 1. The highest BCUT2D eigenvalue weighted by molar-refractivity contribution is 5.90. The summed E-state index contributed by atoms with van der Waals surface area (Å²) in [6.07, 6.45) is 5.69. The lowest BCUT2D eigenvalue weighted by Crippen LogP contribution is -2.21. The maximum Gasteiger partial charge on any atom is 0.225 e. The first-order valence-electron chi connectivity index (χ1n) is 6.67. The van der Waals surface area contributed by atoms with E-state index in [9.17, 15) is 4.79 Å². The van der Waals surface area contributed by atoms with Gasteiger partial charge in [-0.25, -0.2) is 9.97 Å². The second-order valence-corrected chi connectivity index (χ2v) is 4.40. The minimum atomic E-state index is -0.0145. The van der Waals surface area contributed by atoms with E-state index >= 15 is 0 Å². The third-order valence-corrected chi connectivity index (χ3v) is 2.88. The van der Waals surface area contributed by atoms with Gasteiger partial charge in [0.15, 0.2) is 0 Å². The van der Waals surface area contributed by atoms with Crippen LogP contribution in [0, 0.1) is 6.92 Å². The van der Waals surface area contributed by atoms with Crippen LogP contribution in [0.15, 0.2) is 30.7 Å². The Morgan fingerprint density at radius 2 is 2.20 bits per heavy atom. The number of pyridine rings is 1. The van der Waals surface area contributed by atoms with Crippen LogP contribution >= 0.6 is 0 Å². The summed E-state index contributed by atoms with van der Waals surface area (Å²) in [6, 6.07) is 3.70. The number of imidazole rings is 1. The van der Waals surface area contributed by atoms with Gasteiger partial charge in [0.05, 0.1) is 11.9 Å². The van der Waals surface area contributed by atoms with E-state index in [2.05, 4.69) is 20.6 Å². The standard InChI is InChI=1S/C14H19N5O/c1-3-15-7-6-14(20)18-12-4-5-13(17-10-12)19-9-8-16-11(19)2/h4-5,8-10,15H,3,6-7H2,1-2H3,(H,18,20). The highest BCUT2D eigenvalue weighted by atomic mass is 16.1. The maximum atomic E-state index is 11.7. The third-order valence-electron chi connectivity index (χ3n) is 2.88. The summed E-state index contributed by atoms with van der Waals surface area (Å²) in [7, 11) is 0. The van der Waals surface area contributed by atoms with Gasteiger partial charge in [-0.2, -0.15) is 0 Å². The van der Waals surface area contributed by atoms with Crippen molar-refractivity contribution >= 4 is 11.6 Å². The highest BCUT2D eigenvalue weighted by Crippen LogP contribution is 2.11. The molecule has 106 valence electrons. The Morgan fingerprint density at radius 3 is 2.80 bits per heavy atom. The zero-order chi connectivity index (χ0) is 14.4. The topological polar surface area (TPSA) is 71.8 Å². The zero-order valence-corrected chi connectivity index (χ0v) is 11.8. The van der Waals surface area contributed by atoms with Crippen molar-refractivity contribution in [2.75, 3.05) is 18.4 Å². The van der Waals surface area contributed by atoms with Crippen LogP contribution in [0.2, 0.25) is 0 Å². The first-order chi connectivity index (χ1) is 9.70. The molecule has 0 atom stereocenters. The predicted octanol–water partition coefficient (Wildman–Crippen LogP) is 1.51. The second kappa shape index (κ2) is 6.81. The fraction of sp³-hybridized carbons (Fsp3) is 0.357. The van der Waals surface area contributed by atoms with Gasteiger partial charge in [0, 0.05) is 25.4 Å². The molecule has 0 spiro atoms. The molecule has 0 fully saturated rings. The highest BCUT2D eigenvalue weighted by Gasteiger charge is 2.04. The molecule has 2 aromatic rings. The molecule has 6 heteroatoms. The van der Waals surface area contributed by atoms with E-state index in [1.165, 1.54) is 0 Å². The van der Waals surface area contributed by atoms with Crippen molar-refractivity contribution in [1.29, 1.82) is 0 Å². The number of nitrogens with zero attached hydrogens (tertiary/aromatic N) is 3. The number of nitrogens with one attached hydrogen (secondary N) is 2. The maximum absolute atomic E-state index is 11.7. The van der Waals surface area contributed by atoms with E-state index in [0.29, 0.717) is 18.7 Å². The molecule has 0 aliphatic carbocycles. The Morgan fingerprint density at radius 1 is 1.35 bits per heavy atom. The molecule has 2 aromatic heterocycles. The van der Waals surface area contributed by atoms with E-state index in [-0.39, 0.29) is 5.91 Å². The van der Waals surface area contributed by atoms with Gasteiger partial charge >= 0.3 is 0 Å². The fourth-order valence-corrected chi connectivity index (χ4v) is 1.82. The van der Waals surface area contributed by atoms with Gasteiger partial charge in [0.1, 0.15) is 11.6 Å². The van der Waals surface area contributed by atoms with Crippen LogP contribution in [0.4, 0.5) is 5.69 Å². The quantitative estimate of drug-likeness (QED) is 0.783. The summed E-state index contributed by atoms with van der Waals surface area (Å²) < 4.78 is 1.89. The lowest BCUT2D eigenvalue weighted by Gasteiger charge is -2.07. The number of carbonyl (C=O) groups excluding carboxylic acids is 1. The van der Waals surface area contributed by atoms with Crippen LogP contribution in [0.1, 0.15) is 19.2 Å². The molecular formula is C14H19N5O. The molecular weight excluding hydrogens is 254 g/mol. The molecule has 0 aliphatic rings. The van der Waals surface area contributed by atoms with Crippen molar-refractivity contribution < 1.29 is 4.79 Å². The molecule has 1 amide bonds. The van der Waals surface area contributed by atoms with Crippen molar-refractivity contribution in [2.45, 2.75) is 20.3 Å². The number of anilines is 1. The lowest BCUT2D eigenvalue weighted by molar-refractivity contribution is -0.116. The number of rotatable bonds is 6. The SMILES string of the molecule is CCNCCC(=O)Nc1ccc(-n2ccnc2C)nc1. The van der Waals surface area contributed by atoms with E-state index in [1.807, 2.05) is 36.7 Å². The Labute approximate surface area is 118 Å². The minimum Gasteiger partial charge on any atom is -0.325 e. The summed E-state index contributed by atoms with van der Waals surface area (Å²) in [5.41, 5.74) is 0.702. The van der Waals surface area contributed by atoms with Crippen LogP contribution < -0.4 is 10.6 Å². The number of amides is 1. The molecule has 20 heavy (non-hydrogen) atoms. The second-order valence-electron chi connectivity index (χ2n) is 4.40. The Kier molecular flexibility index (Phi) is 4.84. The summed E-state index contributed by atoms with van der Waals surface area (Å²) in [4.78, 5) is 20.1. The van der Waals surface area contributed by atoms with Gasteiger partial charge in [-0.05, 0) is 25.6 Å². The smallest absolute Gasteiger partial charge is 0.225 e. The Hall–Kier alpha value is -2.21. The molecule has 2 heterocycles. The first kappa shape index (κ1) is 14.2. The molecule has 2 N–H and O–H groups in total. The van der Waals surface area contributed by atoms with Crippen molar-refractivity contribution in [3.8, 4) is 5.82 Å². The molecule has 0 saturated heterocycles. The third kappa shape index (κ3) is 3.64. The van der Waals surface area contributed by atoms with E-state index in [0.717, 1.165) is 18.2 Å². The first-order valence-corrected chi connectivity index (χ1v) is 6.67. The number of aryl methyl sites for hydroxylation is 1. The number of hydrogen-bond donors (Lipinski definition) is 2. The Bertz CT molecular complexity index is 561. The van der Waals surface area contributed by atoms with Crippen molar-refractivity contribution in [1.82, 2.24) is 19.9 Å². The van der Waals surface area contributed by atoms with Crippen LogP contribution in [-0.2, 0) is 4.79 Å². The van der Waals surface area contributed by atoms with Crippen LogP contribution in [0.5, 0.6) is 0 Å². The Balaban J connectivity index is 1.95. The number of hydrogen-bond acceptors (Lipinski definition) is 4. The summed E-state index contributed by atoms with van der Waals surface area (Å²) in [6.45, 7) is 5.48. The average Bonchev–Trinajstić information content (AvgIpc) is 2.86. The van der Waals surface area contributed by atoms with Gasteiger partial charge in [0.2, 0.25) is 5.91 Å². The summed E-state index contributed by atoms with van der Waals surface area (Å²) in [5.74, 6) is 1.64. The fourth-order valence-electron chi connectivity index (χ4n) is 1.82. The van der Waals surface area contributed by atoms with Gasteiger partial charge in [-0.1, -0.05) is 6.92 Å². The van der Waals surface area contributed by atoms with Gasteiger partial charge in [-0.15, -0.1) is 0 Å². The van der Waals surface area contributed by atoms with Crippen molar-refractivity contribution in [3.05, 3.63) is 36.5 Å². The van der Waals surface area contributed by atoms with Gasteiger partial charge in [-0.3, -0.25) is 9.36 Å². The predicted molar refractivity (Wildman–Crippen MR) is 77.9 cm³/mol. The summed E-state index contributed by atoms with van der Waals surface area (Å²) in [5, 5.41) is 5.93. The molecule has 0 bridgehead atoms. The lowest BCUT2D eigenvalue weighted by atomic mass is 10.3. The normalized spacial score (nSPS) is 10.5. The largest absolute Gasteiger partial charge is 0.325 e. The average molecular weight is 273 g/mol. The van der Waals surface area contributed by atoms with E-state index in [4.69, 9.17) is 0 Å². The van der Waals surface area contributed by atoms with Crippen molar-refractivity contribution in [2.24, 2.45) is 0 Å². The van der Waals surface area contributed by atoms with E-state index < -0.39 is 0 Å². The zero-order valence-electron chi connectivity index (χ0n) is 11.8. The van der Waals surface area contributed by atoms with Crippen molar-refractivity contribution in [3.63, 3.8) is 0 Å². The molecule has 0 unspecified atom stereocenters. The van der Waals surface area contributed by atoms with Crippen LogP contribution in [0.25, 0.3) is 5.82 Å². The molecule has 0 aliphatic heterocycles. The van der Waals surface area contributed by atoms with Gasteiger partial charge in [0.25, 0.3) is 0 Å². The monoisotopic (exact) mass is 273 g/mol. The molecule has 2 rings (SSSR count). The molecule has 0 aromatic carbocycles.